The van der Waals surface area contributed by atoms with E-state index in [1.807, 2.05) is 42.5 Å². The van der Waals surface area contributed by atoms with E-state index in [0.717, 1.165) is 20.5 Å². The van der Waals surface area contributed by atoms with Crippen LogP contribution in [-0.2, 0) is 6.67 Å². The van der Waals surface area contributed by atoms with E-state index in [-0.39, 0.29) is 5.56 Å². The molecular formula is C17H13BrN4OS. The summed E-state index contributed by atoms with van der Waals surface area (Å²) in [6.45, 7) is 1.06. The van der Waals surface area contributed by atoms with Gasteiger partial charge in [0.2, 0.25) is 0 Å². The average Bonchev–Trinajstić information content (AvgIpc) is 2.91. The van der Waals surface area contributed by atoms with E-state index in [1.165, 1.54) is 11.3 Å². The fraction of sp³-hybridized carbons (Fsp3) is 0.118. The highest BCUT2D eigenvalue weighted by atomic mass is 79.9. The molecule has 2 aromatic heterocycles. The molecule has 0 unspecified atom stereocenters. The molecule has 24 heavy (non-hydrogen) atoms. The normalized spacial score (nSPS) is 14.4. The molecule has 0 saturated carbocycles. The second-order valence-electron chi connectivity index (χ2n) is 5.37. The Morgan fingerprint density at radius 1 is 1.21 bits per heavy atom. The highest BCUT2D eigenvalue weighted by Gasteiger charge is 2.16. The molecule has 1 aliphatic heterocycles. The van der Waals surface area contributed by atoms with Crippen LogP contribution in [0.3, 0.4) is 0 Å². The molecule has 3 aromatic rings. The van der Waals surface area contributed by atoms with E-state index in [2.05, 4.69) is 30.8 Å². The fourth-order valence-electron chi connectivity index (χ4n) is 2.56. The first-order valence-electron chi connectivity index (χ1n) is 7.37. The van der Waals surface area contributed by atoms with Gasteiger partial charge in [-0.05, 0) is 42.0 Å². The average molecular weight is 401 g/mol. The number of thiazole rings is 1. The number of hydrogen-bond donors (Lipinski definition) is 0. The predicted molar refractivity (Wildman–Crippen MR) is 98.7 cm³/mol. The van der Waals surface area contributed by atoms with E-state index in [4.69, 9.17) is 0 Å². The van der Waals surface area contributed by atoms with Gasteiger partial charge < -0.3 is 4.90 Å². The van der Waals surface area contributed by atoms with E-state index in [0.29, 0.717) is 17.9 Å². The van der Waals surface area contributed by atoms with Gasteiger partial charge in [0, 0.05) is 22.6 Å². The van der Waals surface area contributed by atoms with Gasteiger partial charge in [-0.15, -0.1) is 0 Å². The minimum absolute atomic E-state index is 0.00439. The number of hydrogen-bond acceptors (Lipinski definition) is 5. The first-order chi connectivity index (χ1) is 11.7. The summed E-state index contributed by atoms with van der Waals surface area (Å²) in [6.07, 6.45) is 5.33. The first-order valence-corrected chi connectivity index (χ1v) is 8.98. The van der Waals surface area contributed by atoms with Gasteiger partial charge in [0.15, 0.2) is 4.80 Å². The lowest BCUT2D eigenvalue weighted by atomic mass is 10.2. The number of nitrogens with zero attached hydrogens (tertiary/aromatic N) is 4. The summed E-state index contributed by atoms with van der Waals surface area (Å²) in [5, 5.41) is 0. The number of anilines is 1. The molecule has 0 amide bonds. The Labute approximate surface area is 150 Å². The third-order valence-electron chi connectivity index (χ3n) is 3.75. The Morgan fingerprint density at radius 2 is 2.04 bits per heavy atom. The molecule has 3 heterocycles. The number of pyridine rings is 1. The topological polar surface area (TPSA) is 50.5 Å². The van der Waals surface area contributed by atoms with Crippen LogP contribution in [0.5, 0.6) is 0 Å². The predicted octanol–water partition coefficient (Wildman–Crippen LogP) is 1.95. The number of fused-ring (bicyclic) bond motifs is 1. The second kappa shape index (κ2) is 6.33. The molecular weight excluding hydrogens is 388 g/mol. The Bertz CT molecular complexity index is 1060. The number of aromatic nitrogens is 2. The third-order valence-corrected chi connectivity index (χ3v) is 5.29. The van der Waals surface area contributed by atoms with Crippen LogP contribution in [0.25, 0.3) is 6.08 Å². The molecule has 5 nitrogen and oxygen atoms in total. The van der Waals surface area contributed by atoms with Gasteiger partial charge in [-0.1, -0.05) is 33.3 Å². The summed E-state index contributed by atoms with van der Waals surface area (Å²) in [7, 11) is 0. The largest absolute Gasteiger partial charge is 0.334 e. The van der Waals surface area contributed by atoms with Crippen LogP contribution < -0.4 is 19.8 Å². The smallest absolute Gasteiger partial charge is 0.271 e. The zero-order chi connectivity index (χ0) is 16.5. The highest BCUT2D eigenvalue weighted by molar-refractivity contribution is 9.10. The highest BCUT2D eigenvalue weighted by Crippen LogP contribution is 2.20. The van der Waals surface area contributed by atoms with Crippen molar-refractivity contribution in [2.24, 2.45) is 4.99 Å². The molecule has 1 aromatic carbocycles. The zero-order valence-electron chi connectivity index (χ0n) is 12.6. The molecule has 1 aliphatic rings. The van der Waals surface area contributed by atoms with Crippen LogP contribution in [0.4, 0.5) is 5.69 Å². The van der Waals surface area contributed by atoms with Crippen molar-refractivity contribution in [2.45, 2.75) is 6.67 Å². The monoisotopic (exact) mass is 400 g/mol. The van der Waals surface area contributed by atoms with Crippen LogP contribution in [0.15, 0.2) is 63.1 Å². The molecule has 0 fully saturated rings. The van der Waals surface area contributed by atoms with Crippen molar-refractivity contribution >= 4 is 39.0 Å². The number of rotatable bonds is 2. The van der Waals surface area contributed by atoms with Crippen LogP contribution >= 0.6 is 27.3 Å². The van der Waals surface area contributed by atoms with Crippen LogP contribution in [0, 0.1) is 0 Å². The lowest BCUT2D eigenvalue weighted by Gasteiger charge is -2.25. The molecule has 0 radical (unpaired) electrons. The maximum atomic E-state index is 12.7. The molecule has 4 rings (SSSR count). The van der Waals surface area contributed by atoms with Crippen molar-refractivity contribution in [3.63, 3.8) is 0 Å². The van der Waals surface area contributed by atoms with Gasteiger partial charge >= 0.3 is 0 Å². The maximum absolute atomic E-state index is 12.7. The van der Waals surface area contributed by atoms with Gasteiger partial charge in [0.1, 0.15) is 13.3 Å². The minimum Gasteiger partial charge on any atom is -0.334 e. The molecule has 0 aliphatic carbocycles. The zero-order valence-corrected chi connectivity index (χ0v) is 15.0. The lowest BCUT2D eigenvalue weighted by Crippen LogP contribution is -2.42. The first kappa shape index (κ1) is 15.3. The fourth-order valence-corrected chi connectivity index (χ4v) is 3.91. The lowest BCUT2D eigenvalue weighted by molar-refractivity contribution is 0.569. The molecule has 120 valence electrons. The van der Waals surface area contributed by atoms with Crippen molar-refractivity contribution in [1.29, 1.82) is 0 Å². The Balaban J connectivity index is 1.73. The molecule has 0 saturated heterocycles. The van der Waals surface area contributed by atoms with E-state index < -0.39 is 0 Å². The Morgan fingerprint density at radius 3 is 2.83 bits per heavy atom. The third kappa shape index (κ3) is 2.92. The quantitative estimate of drug-likeness (QED) is 0.660. The summed E-state index contributed by atoms with van der Waals surface area (Å²) in [5.41, 5.74) is 2.00. The summed E-state index contributed by atoms with van der Waals surface area (Å²) < 4.78 is 3.42. The van der Waals surface area contributed by atoms with Gasteiger partial charge in [0.25, 0.3) is 5.56 Å². The van der Waals surface area contributed by atoms with Gasteiger partial charge in [0.05, 0.1) is 4.53 Å². The molecule has 0 N–H and O–H groups in total. The van der Waals surface area contributed by atoms with Crippen LogP contribution in [0.1, 0.15) is 5.56 Å². The summed E-state index contributed by atoms with van der Waals surface area (Å²) in [4.78, 5) is 24.1. The SMILES string of the molecule is O=c1c(=Cc2ccncc2)sc2n1CN(c1cccc(Br)c1)CN=2. The van der Waals surface area contributed by atoms with Gasteiger partial charge in [-0.3, -0.25) is 14.3 Å². The van der Waals surface area contributed by atoms with Crippen molar-refractivity contribution in [3.8, 4) is 0 Å². The van der Waals surface area contributed by atoms with Crippen molar-refractivity contribution in [2.75, 3.05) is 11.6 Å². The number of benzene rings is 1. The van der Waals surface area contributed by atoms with E-state index >= 15 is 0 Å². The minimum atomic E-state index is -0.00439. The Kier molecular flexibility index (Phi) is 4.03. The van der Waals surface area contributed by atoms with Crippen molar-refractivity contribution in [3.05, 3.63) is 78.5 Å². The molecule has 0 bridgehead atoms. The molecule has 7 heteroatoms. The summed E-state index contributed by atoms with van der Waals surface area (Å²) in [6, 6.07) is 11.8. The van der Waals surface area contributed by atoms with Crippen molar-refractivity contribution in [1.82, 2.24) is 9.55 Å². The van der Waals surface area contributed by atoms with E-state index in [1.54, 1.807) is 17.0 Å². The molecule has 0 atom stereocenters. The molecule has 0 spiro atoms. The maximum Gasteiger partial charge on any atom is 0.271 e. The van der Waals surface area contributed by atoms with Crippen LogP contribution in [0.2, 0.25) is 0 Å². The van der Waals surface area contributed by atoms with Crippen molar-refractivity contribution < 1.29 is 0 Å². The Hall–Kier alpha value is -2.25. The van der Waals surface area contributed by atoms with Gasteiger partial charge in [-0.25, -0.2) is 4.99 Å². The van der Waals surface area contributed by atoms with E-state index in [9.17, 15) is 4.79 Å². The summed E-state index contributed by atoms with van der Waals surface area (Å²) in [5.74, 6) is 0. The van der Waals surface area contributed by atoms with Gasteiger partial charge in [-0.2, -0.15) is 0 Å². The number of halogens is 1. The second-order valence-corrected chi connectivity index (χ2v) is 7.29. The van der Waals surface area contributed by atoms with Crippen LogP contribution in [-0.4, -0.2) is 16.2 Å². The summed E-state index contributed by atoms with van der Waals surface area (Å²) >= 11 is 4.91. The standard InChI is InChI=1S/C17H13BrN4OS/c18-13-2-1-3-14(9-13)21-10-20-17-22(11-21)16(23)15(24-17)8-12-4-6-19-7-5-12/h1-9H,10-11H2.